The van der Waals surface area contributed by atoms with Crippen molar-refractivity contribution in [1.82, 2.24) is 5.32 Å². The largest absolute Gasteiger partial charge is 0.313 e. The Morgan fingerprint density at radius 2 is 1.88 bits per heavy atom. The standard InChI is InChI=1S/C15H19NS/c1-12(11-14-9-6-10-17-14)15(16-2)13-7-4-3-5-8-13/h3-10,12,15-16H,11H2,1-2H3. The van der Waals surface area contributed by atoms with Crippen LogP contribution in [0.3, 0.4) is 0 Å². The van der Waals surface area contributed by atoms with E-state index >= 15 is 0 Å². The van der Waals surface area contributed by atoms with Gasteiger partial charge >= 0.3 is 0 Å². The van der Waals surface area contributed by atoms with Crippen LogP contribution in [0.4, 0.5) is 0 Å². The maximum absolute atomic E-state index is 3.44. The molecule has 0 aliphatic carbocycles. The molecule has 1 nitrogen and oxygen atoms in total. The summed E-state index contributed by atoms with van der Waals surface area (Å²) < 4.78 is 0. The highest BCUT2D eigenvalue weighted by Crippen LogP contribution is 2.26. The number of hydrogen-bond donors (Lipinski definition) is 1. The van der Waals surface area contributed by atoms with Crippen LogP contribution < -0.4 is 5.32 Å². The average molecular weight is 245 g/mol. The molecule has 1 aromatic carbocycles. The van der Waals surface area contributed by atoms with Crippen molar-refractivity contribution in [3.05, 3.63) is 58.3 Å². The third-order valence-corrected chi connectivity index (χ3v) is 4.04. The zero-order chi connectivity index (χ0) is 12.1. The lowest BCUT2D eigenvalue weighted by Gasteiger charge is -2.23. The van der Waals surface area contributed by atoms with Gasteiger partial charge < -0.3 is 5.32 Å². The van der Waals surface area contributed by atoms with E-state index in [1.54, 1.807) is 0 Å². The normalized spacial score (nSPS) is 14.5. The molecule has 0 radical (unpaired) electrons. The Morgan fingerprint density at radius 3 is 2.47 bits per heavy atom. The molecule has 0 saturated heterocycles. The fourth-order valence-electron chi connectivity index (χ4n) is 2.30. The summed E-state index contributed by atoms with van der Waals surface area (Å²) in [4.78, 5) is 1.47. The van der Waals surface area contributed by atoms with Crippen molar-refractivity contribution in [2.45, 2.75) is 19.4 Å². The van der Waals surface area contributed by atoms with Gasteiger partial charge in [-0.25, -0.2) is 0 Å². The van der Waals surface area contributed by atoms with Gasteiger partial charge in [-0.05, 0) is 36.4 Å². The summed E-state index contributed by atoms with van der Waals surface area (Å²) in [5, 5.41) is 5.59. The Morgan fingerprint density at radius 1 is 1.12 bits per heavy atom. The molecular formula is C15H19NS. The van der Waals surface area contributed by atoms with Crippen molar-refractivity contribution < 1.29 is 0 Å². The van der Waals surface area contributed by atoms with Crippen LogP contribution in [0.5, 0.6) is 0 Å². The summed E-state index contributed by atoms with van der Waals surface area (Å²) >= 11 is 1.85. The second kappa shape index (κ2) is 5.99. The van der Waals surface area contributed by atoms with Crippen LogP contribution in [-0.2, 0) is 6.42 Å². The van der Waals surface area contributed by atoms with Crippen LogP contribution in [-0.4, -0.2) is 7.05 Å². The van der Waals surface area contributed by atoms with E-state index in [0.717, 1.165) is 6.42 Å². The Hall–Kier alpha value is -1.12. The van der Waals surface area contributed by atoms with E-state index < -0.39 is 0 Å². The molecule has 2 heteroatoms. The van der Waals surface area contributed by atoms with Crippen LogP contribution in [0.2, 0.25) is 0 Å². The fourth-order valence-corrected chi connectivity index (χ4v) is 3.15. The fraction of sp³-hybridized carbons (Fsp3) is 0.333. The molecule has 0 aliphatic heterocycles. The van der Waals surface area contributed by atoms with Gasteiger partial charge in [0.05, 0.1) is 0 Å². The predicted molar refractivity (Wildman–Crippen MR) is 75.4 cm³/mol. The van der Waals surface area contributed by atoms with E-state index in [4.69, 9.17) is 0 Å². The maximum atomic E-state index is 3.44. The second-order valence-corrected chi connectivity index (χ2v) is 5.47. The smallest absolute Gasteiger partial charge is 0.0346 e. The predicted octanol–water partition coefficient (Wildman–Crippen LogP) is 3.89. The van der Waals surface area contributed by atoms with E-state index in [0.29, 0.717) is 12.0 Å². The second-order valence-electron chi connectivity index (χ2n) is 4.44. The summed E-state index contributed by atoms with van der Waals surface area (Å²) in [5.41, 5.74) is 1.37. The van der Waals surface area contributed by atoms with E-state index in [1.165, 1.54) is 10.4 Å². The van der Waals surface area contributed by atoms with Gasteiger partial charge in [0.25, 0.3) is 0 Å². The average Bonchev–Trinajstić information content (AvgIpc) is 2.84. The van der Waals surface area contributed by atoms with Crippen molar-refractivity contribution >= 4 is 11.3 Å². The highest BCUT2D eigenvalue weighted by Gasteiger charge is 2.17. The number of benzene rings is 1. The van der Waals surface area contributed by atoms with Crippen LogP contribution in [0.25, 0.3) is 0 Å². The summed E-state index contributed by atoms with van der Waals surface area (Å²) in [7, 11) is 2.04. The quantitative estimate of drug-likeness (QED) is 0.842. The third kappa shape index (κ3) is 3.18. The molecule has 0 bridgehead atoms. The highest BCUT2D eigenvalue weighted by molar-refractivity contribution is 7.09. The van der Waals surface area contributed by atoms with Crippen LogP contribution in [0, 0.1) is 5.92 Å². The van der Waals surface area contributed by atoms with E-state index in [2.05, 4.69) is 60.1 Å². The molecule has 1 heterocycles. The van der Waals surface area contributed by atoms with Crippen LogP contribution >= 0.6 is 11.3 Å². The van der Waals surface area contributed by atoms with Gasteiger partial charge in [-0.3, -0.25) is 0 Å². The van der Waals surface area contributed by atoms with Crippen molar-refractivity contribution in [2.75, 3.05) is 7.05 Å². The van der Waals surface area contributed by atoms with Crippen molar-refractivity contribution in [3.8, 4) is 0 Å². The van der Waals surface area contributed by atoms with E-state index in [-0.39, 0.29) is 0 Å². The number of nitrogens with one attached hydrogen (secondary N) is 1. The number of rotatable bonds is 5. The lowest BCUT2D eigenvalue weighted by molar-refractivity contribution is 0.411. The van der Waals surface area contributed by atoms with Crippen LogP contribution in [0.15, 0.2) is 47.8 Å². The maximum Gasteiger partial charge on any atom is 0.0346 e. The molecule has 0 amide bonds. The first-order valence-electron chi connectivity index (χ1n) is 6.06. The van der Waals surface area contributed by atoms with Gasteiger partial charge in [0, 0.05) is 10.9 Å². The molecule has 2 unspecified atom stereocenters. The SMILES string of the molecule is CNC(c1ccccc1)C(C)Cc1cccs1. The summed E-state index contributed by atoms with van der Waals surface area (Å²) in [5.74, 6) is 0.598. The van der Waals surface area contributed by atoms with Gasteiger partial charge in [-0.1, -0.05) is 43.3 Å². The van der Waals surface area contributed by atoms with Gasteiger partial charge in [0.15, 0.2) is 0 Å². The van der Waals surface area contributed by atoms with Crippen molar-refractivity contribution in [2.24, 2.45) is 5.92 Å². The molecule has 0 spiro atoms. The van der Waals surface area contributed by atoms with Gasteiger partial charge in [0.2, 0.25) is 0 Å². The Bertz CT molecular complexity index is 421. The minimum Gasteiger partial charge on any atom is -0.313 e. The first-order valence-corrected chi connectivity index (χ1v) is 6.94. The molecule has 0 saturated carbocycles. The Balaban J connectivity index is 2.08. The molecule has 1 N–H and O–H groups in total. The monoisotopic (exact) mass is 245 g/mol. The van der Waals surface area contributed by atoms with Crippen molar-refractivity contribution in [1.29, 1.82) is 0 Å². The lowest BCUT2D eigenvalue weighted by atomic mass is 9.91. The van der Waals surface area contributed by atoms with Gasteiger partial charge in [-0.15, -0.1) is 11.3 Å². The van der Waals surface area contributed by atoms with Crippen molar-refractivity contribution in [3.63, 3.8) is 0 Å². The third-order valence-electron chi connectivity index (χ3n) is 3.14. The molecule has 2 aromatic rings. The molecule has 0 aliphatic rings. The summed E-state index contributed by atoms with van der Waals surface area (Å²) in [6.07, 6.45) is 1.14. The first kappa shape index (κ1) is 12.3. The zero-order valence-corrected chi connectivity index (χ0v) is 11.2. The Labute approximate surface area is 108 Å². The van der Waals surface area contributed by atoms with Crippen LogP contribution in [0.1, 0.15) is 23.4 Å². The van der Waals surface area contributed by atoms with Gasteiger partial charge in [0.1, 0.15) is 0 Å². The molecule has 90 valence electrons. The van der Waals surface area contributed by atoms with Gasteiger partial charge in [-0.2, -0.15) is 0 Å². The number of hydrogen-bond acceptors (Lipinski definition) is 2. The summed E-state index contributed by atoms with van der Waals surface area (Å²) in [6.45, 7) is 2.31. The topological polar surface area (TPSA) is 12.0 Å². The highest BCUT2D eigenvalue weighted by atomic mass is 32.1. The molecule has 2 atom stereocenters. The van der Waals surface area contributed by atoms with E-state index in [1.807, 2.05) is 18.4 Å². The minimum atomic E-state index is 0.429. The molecule has 2 rings (SSSR count). The molecule has 17 heavy (non-hydrogen) atoms. The number of thiophene rings is 1. The minimum absolute atomic E-state index is 0.429. The zero-order valence-electron chi connectivity index (χ0n) is 10.4. The lowest BCUT2D eigenvalue weighted by Crippen LogP contribution is -2.24. The summed E-state index contributed by atoms with van der Waals surface area (Å²) in [6, 6.07) is 15.5. The first-order chi connectivity index (χ1) is 8.31. The molecule has 1 aromatic heterocycles. The molecular weight excluding hydrogens is 226 g/mol. The Kier molecular flexibility index (Phi) is 4.35. The molecule has 0 fully saturated rings. The van der Waals surface area contributed by atoms with E-state index in [9.17, 15) is 0 Å².